The molecular weight excluding hydrogens is 981 g/mol. The summed E-state index contributed by atoms with van der Waals surface area (Å²) in [5.74, 6) is -0.572. The minimum atomic E-state index is -4.35. The predicted molar refractivity (Wildman–Crippen MR) is 278 cm³/mol. The Morgan fingerprint density at radius 2 is 0.957 bits per heavy atom. The number of nitro benzene ring substituents is 1. The van der Waals surface area contributed by atoms with Crippen LogP contribution >= 0.6 is 27.5 Å². The van der Waals surface area contributed by atoms with Crippen LogP contribution < -0.4 is 40.1 Å². The molecule has 0 heterocycles. The lowest BCUT2D eigenvalue weighted by molar-refractivity contribution is -0.384. The predicted octanol–water partition coefficient (Wildman–Crippen LogP) is 13.5. The highest BCUT2D eigenvalue weighted by molar-refractivity contribution is 9.10. The maximum atomic E-state index is 12.5. The number of alkyl halides is 3. The first-order chi connectivity index (χ1) is 32.0. The minimum absolute atomic E-state index is 0.0803. The number of rotatable bonds is 1. The maximum absolute atomic E-state index is 12.5. The Labute approximate surface area is 413 Å². The lowest BCUT2D eigenvalue weighted by atomic mass is 10.1. The molecule has 366 valence electrons. The summed E-state index contributed by atoms with van der Waals surface area (Å²) >= 11 is 9.01. The lowest BCUT2D eigenvalue weighted by Crippen LogP contribution is -2.08. The Balaban J connectivity index is 0.000000404. The highest BCUT2D eigenvalue weighted by atomic mass is 79.9. The summed E-state index contributed by atoms with van der Waals surface area (Å²) in [5.41, 5.74) is 47.2. The fraction of sp³-hybridized carbons (Fsp3) is 0.157. The molecule has 14 N–H and O–H groups in total. The average molecular weight is 1040 g/mol. The van der Waals surface area contributed by atoms with E-state index < -0.39 is 16.7 Å². The summed E-state index contributed by atoms with van der Waals surface area (Å²) in [6, 6.07) is 36.2. The molecule has 0 unspecified atom stereocenters. The zero-order chi connectivity index (χ0) is 52.8. The van der Waals surface area contributed by atoms with Crippen molar-refractivity contribution < 1.29 is 26.9 Å². The molecule has 0 bridgehead atoms. The Kier molecular flexibility index (Phi) is 24.6. The normalized spacial score (nSPS) is 9.81. The van der Waals surface area contributed by atoms with Gasteiger partial charge in [-0.1, -0.05) is 47.5 Å². The smallest absolute Gasteiger partial charge is 0.399 e. The third-order valence-corrected chi connectivity index (χ3v) is 10.0. The summed E-state index contributed by atoms with van der Waals surface area (Å²) in [5, 5.41) is 19.4. The number of hydrogen-bond donors (Lipinski definition) is 7. The maximum Gasteiger partial charge on any atom is 0.418 e. The van der Waals surface area contributed by atoms with Crippen molar-refractivity contribution in [1.29, 1.82) is 5.26 Å². The SMILES string of the molecule is Cc1cc(F)ccc1N.Cc1cc([N+](=O)[O-])ccc1N.Cc1ccc(N)c(Br)c1.Cc1ccc(N)c(C#N)c1.Cc1ccc(N)c(C(F)(F)F)c1.Cc1ccc(N)c(Cl)c1.Cc1ccc(N)c(F)c1. The van der Waals surface area contributed by atoms with E-state index in [1.807, 2.05) is 70.2 Å². The molecule has 0 saturated carbocycles. The van der Waals surface area contributed by atoms with E-state index in [1.54, 1.807) is 63.2 Å². The molecule has 0 aliphatic carbocycles. The van der Waals surface area contributed by atoms with E-state index in [9.17, 15) is 32.1 Å². The Morgan fingerprint density at radius 1 is 0.536 bits per heavy atom. The average Bonchev–Trinajstić information content (AvgIpc) is 3.27. The van der Waals surface area contributed by atoms with Crippen molar-refractivity contribution in [2.75, 3.05) is 40.1 Å². The zero-order valence-corrected chi connectivity index (χ0v) is 41.4. The second-order valence-corrected chi connectivity index (χ2v) is 16.4. The third-order valence-electron chi connectivity index (χ3n) is 9.01. The minimum Gasteiger partial charge on any atom is -0.399 e. The molecule has 0 saturated heterocycles. The van der Waals surface area contributed by atoms with Crippen molar-refractivity contribution in [3.05, 3.63) is 209 Å². The molecule has 7 rings (SSSR count). The number of aryl methyl sites for hydroxylation is 7. The topological polar surface area (TPSA) is 249 Å². The monoisotopic (exact) mass is 1040 g/mol. The first-order valence-electron chi connectivity index (χ1n) is 20.3. The molecular formula is C51H56BrClF5N9O2. The number of nitrogens with two attached hydrogens (primary N) is 7. The van der Waals surface area contributed by atoms with E-state index >= 15 is 0 Å². The summed E-state index contributed by atoms with van der Waals surface area (Å²) in [4.78, 5) is 9.79. The molecule has 0 amide bonds. The van der Waals surface area contributed by atoms with Gasteiger partial charge in [0.15, 0.2) is 0 Å². The summed E-state index contributed by atoms with van der Waals surface area (Å²) < 4.78 is 62.2. The number of nitrogen functional groups attached to an aromatic ring is 7. The molecule has 0 fully saturated rings. The van der Waals surface area contributed by atoms with Gasteiger partial charge in [0.25, 0.3) is 5.69 Å². The number of anilines is 7. The van der Waals surface area contributed by atoms with Crippen molar-refractivity contribution in [3.8, 4) is 6.07 Å². The van der Waals surface area contributed by atoms with Crippen molar-refractivity contribution in [2.45, 2.75) is 54.6 Å². The molecule has 0 aliphatic heterocycles. The highest BCUT2D eigenvalue weighted by Crippen LogP contribution is 2.33. The summed E-state index contributed by atoms with van der Waals surface area (Å²) in [7, 11) is 0. The molecule has 11 nitrogen and oxygen atoms in total. The third kappa shape index (κ3) is 22.7. The van der Waals surface area contributed by atoms with Crippen LogP contribution in [0.1, 0.15) is 50.1 Å². The van der Waals surface area contributed by atoms with Gasteiger partial charge in [0.05, 0.1) is 32.4 Å². The van der Waals surface area contributed by atoms with Gasteiger partial charge in [0.2, 0.25) is 0 Å². The quantitative estimate of drug-likeness (QED) is 0.0354. The molecule has 7 aromatic carbocycles. The van der Waals surface area contributed by atoms with Crippen LogP contribution in [0.3, 0.4) is 0 Å². The van der Waals surface area contributed by atoms with Gasteiger partial charge < -0.3 is 40.1 Å². The van der Waals surface area contributed by atoms with Crippen LogP contribution in [0.2, 0.25) is 5.02 Å². The van der Waals surface area contributed by atoms with E-state index in [0.29, 0.717) is 38.9 Å². The number of nitro groups is 1. The molecule has 0 atom stereocenters. The summed E-state index contributed by atoms with van der Waals surface area (Å²) in [6.07, 6.45) is -4.35. The Bertz CT molecular complexity index is 2640. The largest absolute Gasteiger partial charge is 0.418 e. The van der Waals surface area contributed by atoms with E-state index in [4.69, 9.17) is 57.0 Å². The summed E-state index contributed by atoms with van der Waals surface area (Å²) in [6.45, 7) is 12.9. The zero-order valence-electron chi connectivity index (χ0n) is 39.0. The highest BCUT2D eigenvalue weighted by Gasteiger charge is 2.32. The van der Waals surface area contributed by atoms with E-state index in [-0.39, 0.29) is 28.7 Å². The van der Waals surface area contributed by atoms with Crippen molar-refractivity contribution in [2.24, 2.45) is 0 Å². The first kappa shape index (κ1) is 59.5. The van der Waals surface area contributed by atoms with Gasteiger partial charge in [0, 0.05) is 45.0 Å². The number of benzene rings is 7. The second kappa shape index (κ2) is 28.6. The van der Waals surface area contributed by atoms with Gasteiger partial charge in [-0.3, -0.25) is 10.1 Å². The van der Waals surface area contributed by atoms with Gasteiger partial charge in [-0.25, -0.2) is 8.78 Å². The van der Waals surface area contributed by atoms with Gasteiger partial charge in [-0.15, -0.1) is 0 Å². The van der Waals surface area contributed by atoms with Gasteiger partial charge in [-0.2, -0.15) is 18.4 Å². The number of halogens is 7. The molecule has 0 aliphatic rings. The first-order valence-corrected chi connectivity index (χ1v) is 21.5. The molecule has 18 heteroatoms. The molecule has 0 spiro atoms. The number of nitrogens with zero attached hydrogens (tertiary/aromatic N) is 2. The Morgan fingerprint density at radius 3 is 1.33 bits per heavy atom. The van der Waals surface area contributed by atoms with Crippen LogP contribution in [0, 0.1) is 81.5 Å². The molecule has 69 heavy (non-hydrogen) atoms. The van der Waals surface area contributed by atoms with E-state index in [1.165, 1.54) is 48.0 Å². The molecule has 0 radical (unpaired) electrons. The van der Waals surface area contributed by atoms with Crippen LogP contribution in [0.5, 0.6) is 0 Å². The second-order valence-electron chi connectivity index (χ2n) is 15.2. The van der Waals surface area contributed by atoms with Crippen molar-refractivity contribution in [1.82, 2.24) is 0 Å². The lowest BCUT2D eigenvalue weighted by Gasteiger charge is -2.09. The number of hydrogen-bond acceptors (Lipinski definition) is 10. The standard InChI is InChI=1S/C8H8F3N.C8H8N2.C7H8BrN.C7H8ClN.2C7H8FN.C7H8N2O2/c1-5-2-3-7(12)6(4-5)8(9,10)11;1-6-2-3-8(10)7(4-6)5-9;2*1-5-2-3-7(9)6(8)4-5;1-5-4-6(8)2-3-7(5)9;1-5-2-3-7(9)6(8)4-5;1-5-4-6(9(10)11)2-3-7(5)8/h2-4H,12H2,1H3;2-4H,10H2,1H3;4*2-4H,9H2,1H3;2-4H,8H2,1H3. The van der Waals surface area contributed by atoms with Gasteiger partial charge in [0.1, 0.15) is 17.7 Å². The van der Waals surface area contributed by atoms with Crippen LogP contribution in [0.4, 0.5) is 67.5 Å². The molecule has 7 aromatic rings. The van der Waals surface area contributed by atoms with Crippen molar-refractivity contribution in [3.63, 3.8) is 0 Å². The van der Waals surface area contributed by atoms with Crippen LogP contribution in [0.25, 0.3) is 0 Å². The van der Waals surface area contributed by atoms with Gasteiger partial charge in [-0.05, 0) is 183 Å². The fourth-order valence-corrected chi connectivity index (χ4v) is 5.72. The van der Waals surface area contributed by atoms with E-state index in [2.05, 4.69) is 15.9 Å². The van der Waals surface area contributed by atoms with Crippen molar-refractivity contribution >= 4 is 73.0 Å². The number of nitriles is 1. The Hall–Kier alpha value is -7.55. The fourth-order valence-electron chi connectivity index (χ4n) is 4.99. The van der Waals surface area contributed by atoms with Gasteiger partial charge >= 0.3 is 6.18 Å². The number of non-ortho nitro benzene ring substituents is 1. The van der Waals surface area contributed by atoms with Crippen LogP contribution in [-0.2, 0) is 6.18 Å². The van der Waals surface area contributed by atoms with Crippen LogP contribution in [0.15, 0.2) is 132 Å². The van der Waals surface area contributed by atoms with Crippen LogP contribution in [-0.4, -0.2) is 4.92 Å². The van der Waals surface area contributed by atoms with E-state index in [0.717, 1.165) is 44.0 Å². The molecule has 0 aromatic heterocycles.